The van der Waals surface area contributed by atoms with Crippen LogP contribution in [0.15, 0.2) is 30.5 Å². The average Bonchev–Trinajstić information content (AvgIpc) is 2.43. The number of nitrogen functional groups attached to an aromatic ring is 1. The molecule has 1 heterocycles. The smallest absolute Gasteiger partial charge is 0.219 e. The molecule has 19 heavy (non-hydrogen) atoms. The van der Waals surface area contributed by atoms with E-state index in [4.69, 9.17) is 10.5 Å². The minimum absolute atomic E-state index is 0.599. The molecule has 1 aliphatic carbocycles. The fraction of sp³-hybridized carbons (Fsp3) is 0.312. The van der Waals surface area contributed by atoms with Crippen molar-refractivity contribution in [2.45, 2.75) is 32.6 Å². The van der Waals surface area contributed by atoms with Gasteiger partial charge in [0.2, 0.25) is 5.88 Å². The van der Waals surface area contributed by atoms with Crippen LogP contribution in [-0.2, 0) is 12.8 Å². The summed E-state index contributed by atoms with van der Waals surface area (Å²) in [6, 6.07) is 8.21. The summed E-state index contributed by atoms with van der Waals surface area (Å²) in [7, 11) is 0. The molecule has 1 aromatic carbocycles. The SMILES string of the molecule is Cc1cc(Oc2ccc3c(c2)CCCC3)ncc1N. The molecule has 98 valence electrons. The second-order valence-electron chi connectivity index (χ2n) is 5.12. The molecule has 3 rings (SSSR count). The molecular formula is C16H18N2O. The molecule has 1 aliphatic rings. The van der Waals surface area contributed by atoms with E-state index < -0.39 is 0 Å². The standard InChI is InChI=1S/C16H18N2O/c1-11-8-16(18-10-15(11)17)19-14-7-6-12-4-2-3-5-13(12)9-14/h6-10H,2-5,17H2,1H3. The number of ether oxygens (including phenoxy) is 1. The van der Waals surface area contributed by atoms with Crippen LogP contribution in [-0.4, -0.2) is 4.98 Å². The number of pyridine rings is 1. The topological polar surface area (TPSA) is 48.1 Å². The summed E-state index contributed by atoms with van der Waals surface area (Å²) < 4.78 is 5.81. The van der Waals surface area contributed by atoms with E-state index in [0.717, 1.165) is 17.7 Å². The van der Waals surface area contributed by atoms with E-state index in [2.05, 4.69) is 17.1 Å². The molecule has 2 aromatic rings. The Bertz CT molecular complexity index is 608. The molecule has 0 saturated carbocycles. The number of fused-ring (bicyclic) bond motifs is 1. The molecule has 0 atom stereocenters. The molecule has 3 nitrogen and oxygen atoms in total. The Morgan fingerprint density at radius 3 is 2.68 bits per heavy atom. The van der Waals surface area contributed by atoms with Crippen LogP contribution >= 0.6 is 0 Å². The lowest BCUT2D eigenvalue weighted by Gasteiger charge is -2.16. The van der Waals surface area contributed by atoms with Crippen LogP contribution in [0.1, 0.15) is 29.5 Å². The first-order valence-corrected chi connectivity index (χ1v) is 6.74. The van der Waals surface area contributed by atoms with Crippen LogP contribution in [0.2, 0.25) is 0 Å². The zero-order valence-corrected chi connectivity index (χ0v) is 11.1. The molecule has 0 unspecified atom stereocenters. The number of nitrogens with two attached hydrogens (primary N) is 1. The van der Waals surface area contributed by atoms with Crippen molar-refractivity contribution in [2.24, 2.45) is 0 Å². The molecule has 0 amide bonds. The van der Waals surface area contributed by atoms with Gasteiger partial charge in [0, 0.05) is 6.07 Å². The maximum atomic E-state index is 5.81. The van der Waals surface area contributed by atoms with Crippen LogP contribution < -0.4 is 10.5 Å². The highest BCUT2D eigenvalue weighted by Gasteiger charge is 2.10. The number of rotatable bonds is 2. The molecule has 0 bridgehead atoms. The fourth-order valence-corrected chi connectivity index (χ4v) is 2.49. The third-order valence-corrected chi connectivity index (χ3v) is 3.67. The fourth-order valence-electron chi connectivity index (χ4n) is 2.49. The maximum absolute atomic E-state index is 5.81. The number of aryl methyl sites for hydroxylation is 3. The van der Waals surface area contributed by atoms with Gasteiger partial charge in [-0.1, -0.05) is 6.07 Å². The monoisotopic (exact) mass is 254 g/mol. The number of nitrogens with zero attached hydrogens (tertiary/aromatic N) is 1. The lowest BCUT2D eigenvalue weighted by Crippen LogP contribution is -2.02. The molecule has 0 fully saturated rings. The zero-order chi connectivity index (χ0) is 13.2. The van der Waals surface area contributed by atoms with Crippen molar-refractivity contribution in [1.29, 1.82) is 0 Å². The average molecular weight is 254 g/mol. The summed E-state index contributed by atoms with van der Waals surface area (Å²) >= 11 is 0. The summed E-state index contributed by atoms with van der Waals surface area (Å²) in [5.41, 5.74) is 10.3. The second-order valence-corrected chi connectivity index (χ2v) is 5.12. The number of benzene rings is 1. The van der Waals surface area contributed by atoms with Crippen molar-refractivity contribution in [2.75, 3.05) is 5.73 Å². The number of aromatic nitrogens is 1. The van der Waals surface area contributed by atoms with Gasteiger partial charge in [-0.3, -0.25) is 0 Å². The lowest BCUT2D eigenvalue weighted by molar-refractivity contribution is 0.461. The van der Waals surface area contributed by atoms with Crippen molar-refractivity contribution in [3.05, 3.63) is 47.2 Å². The molecule has 1 aromatic heterocycles. The van der Waals surface area contributed by atoms with Gasteiger partial charge in [-0.15, -0.1) is 0 Å². The Morgan fingerprint density at radius 2 is 1.89 bits per heavy atom. The van der Waals surface area contributed by atoms with Crippen molar-refractivity contribution >= 4 is 5.69 Å². The van der Waals surface area contributed by atoms with Crippen molar-refractivity contribution in [3.63, 3.8) is 0 Å². The molecule has 3 heteroatoms. The van der Waals surface area contributed by atoms with E-state index >= 15 is 0 Å². The van der Waals surface area contributed by atoms with Gasteiger partial charge in [-0.25, -0.2) is 4.98 Å². The molecule has 0 spiro atoms. The minimum atomic E-state index is 0.599. The number of anilines is 1. The molecular weight excluding hydrogens is 236 g/mol. The summed E-state index contributed by atoms with van der Waals surface area (Å²) in [6.07, 6.45) is 6.56. The van der Waals surface area contributed by atoms with Crippen molar-refractivity contribution in [1.82, 2.24) is 4.98 Å². The Hall–Kier alpha value is -2.03. The number of hydrogen-bond donors (Lipinski definition) is 1. The Labute approximate surface area is 113 Å². The molecule has 0 saturated heterocycles. The second kappa shape index (κ2) is 4.92. The van der Waals surface area contributed by atoms with Gasteiger partial charge >= 0.3 is 0 Å². The zero-order valence-electron chi connectivity index (χ0n) is 11.1. The summed E-state index contributed by atoms with van der Waals surface area (Å²) in [4.78, 5) is 4.20. The van der Waals surface area contributed by atoms with Gasteiger partial charge in [-0.2, -0.15) is 0 Å². The Kier molecular flexibility index (Phi) is 3.11. The van der Waals surface area contributed by atoms with Gasteiger partial charge in [-0.05, 0) is 61.4 Å². The Balaban J connectivity index is 1.84. The highest BCUT2D eigenvalue weighted by atomic mass is 16.5. The van der Waals surface area contributed by atoms with Crippen LogP contribution in [0.5, 0.6) is 11.6 Å². The van der Waals surface area contributed by atoms with E-state index in [0.29, 0.717) is 11.6 Å². The van der Waals surface area contributed by atoms with Crippen molar-refractivity contribution in [3.8, 4) is 11.6 Å². The van der Waals surface area contributed by atoms with Crippen LogP contribution in [0.3, 0.4) is 0 Å². The first-order chi connectivity index (χ1) is 9.22. The molecule has 0 radical (unpaired) electrons. The summed E-state index contributed by atoms with van der Waals surface area (Å²) in [5.74, 6) is 1.46. The van der Waals surface area contributed by atoms with E-state index in [9.17, 15) is 0 Å². The molecule has 0 aliphatic heterocycles. The highest BCUT2D eigenvalue weighted by Crippen LogP contribution is 2.28. The Morgan fingerprint density at radius 1 is 1.11 bits per heavy atom. The van der Waals surface area contributed by atoms with Crippen LogP contribution in [0, 0.1) is 6.92 Å². The van der Waals surface area contributed by atoms with Crippen LogP contribution in [0.4, 0.5) is 5.69 Å². The third kappa shape index (κ3) is 2.55. The van der Waals surface area contributed by atoms with E-state index in [1.807, 2.05) is 19.1 Å². The first-order valence-electron chi connectivity index (χ1n) is 6.74. The normalized spacial score (nSPS) is 13.9. The quantitative estimate of drug-likeness (QED) is 0.890. The number of hydrogen-bond acceptors (Lipinski definition) is 3. The summed E-state index contributed by atoms with van der Waals surface area (Å²) in [6.45, 7) is 1.96. The van der Waals surface area contributed by atoms with E-state index in [1.54, 1.807) is 6.20 Å². The lowest BCUT2D eigenvalue weighted by atomic mass is 9.92. The van der Waals surface area contributed by atoms with E-state index in [1.165, 1.54) is 30.4 Å². The predicted molar refractivity (Wildman–Crippen MR) is 76.5 cm³/mol. The third-order valence-electron chi connectivity index (χ3n) is 3.67. The first kappa shape index (κ1) is 12.0. The van der Waals surface area contributed by atoms with Crippen molar-refractivity contribution < 1.29 is 4.74 Å². The maximum Gasteiger partial charge on any atom is 0.219 e. The van der Waals surface area contributed by atoms with Gasteiger partial charge < -0.3 is 10.5 Å². The van der Waals surface area contributed by atoms with Crippen LogP contribution in [0.25, 0.3) is 0 Å². The molecule has 2 N–H and O–H groups in total. The minimum Gasteiger partial charge on any atom is -0.439 e. The largest absolute Gasteiger partial charge is 0.439 e. The van der Waals surface area contributed by atoms with Gasteiger partial charge in [0.1, 0.15) is 5.75 Å². The van der Waals surface area contributed by atoms with E-state index in [-0.39, 0.29) is 0 Å². The van der Waals surface area contributed by atoms with Gasteiger partial charge in [0.25, 0.3) is 0 Å². The van der Waals surface area contributed by atoms with Gasteiger partial charge in [0.15, 0.2) is 0 Å². The predicted octanol–water partition coefficient (Wildman–Crippen LogP) is 3.64. The summed E-state index contributed by atoms with van der Waals surface area (Å²) in [5, 5.41) is 0. The highest BCUT2D eigenvalue weighted by molar-refractivity contribution is 5.46. The van der Waals surface area contributed by atoms with Gasteiger partial charge in [0.05, 0.1) is 11.9 Å².